The summed E-state index contributed by atoms with van der Waals surface area (Å²) < 4.78 is 5.43. The second-order valence-corrected chi connectivity index (χ2v) is 6.33. The molecule has 1 unspecified atom stereocenters. The molecule has 5 nitrogen and oxygen atoms in total. The van der Waals surface area contributed by atoms with Crippen LogP contribution in [-0.2, 0) is 20.9 Å². The lowest BCUT2D eigenvalue weighted by Crippen LogP contribution is -2.47. The summed E-state index contributed by atoms with van der Waals surface area (Å²) >= 11 is 0. The minimum Gasteiger partial charge on any atom is -0.459 e. The largest absolute Gasteiger partial charge is 0.459 e. The molecule has 132 valence electrons. The molecule has 2 atom stereocenters. The number of amides is 1. The van der Waals surface area contributed by atoms with Crippen molar-refractivity contribution in [1.82, 2.24) is 10.2 Å². The lowest BCUT2D eigenvalue weighted by atomic mass is 9.98. The van der Waals surface area contributed by atoms with Crippen molar-refractivity contribution in [2.24, 2.45) is 5.92 Å². The van der Waals surface area contributed by atoms with Gasteiger partial charge in [-0.25, -0.2) is 4.79 Å². The van der Waals surface area contributed by atoms with Gasteiger partial charge in [-0.2, -0.15) is 0 Å². The third kappa shape index (κ3) is 4.48. The number of nitrogens with zero attached hydrogens (tertiary/aromatic N) is 1. The SMILES string of the molecule is Cl.O=C(OCc1ccccc1)C1CCCN1C(=O)[C@H]1CCCNC1. The third-order valence-electron chi connectivity index (χ3n) is 4.68. The Morgan fingerprint density at radius 3 is 2.67 bits per heavy atom. The molecule has 0 saturated carbocycles. The highest BCUT2D eigenvalue weighted by molar-refractivity contribution is 5.86. The number of piperidine rings is 1. The molecular formula is C18H25ClN2O3. The van der Waals surface area contributed by atoms with Crippen molar-refractivity contribution in [3.63, 3.8) is 0 Å². The number of rotatable bonds is 4. The first-order chi connectivity index (χ1) is 11.3. The highest BCUT2D eigenvalue weighted by atomic mass is 35.5. The van der Waals surface area contributed by atoms with Crippen molar-refractivity contribution >= 4 is 24.3 Å². The molecular weight excluding hydrogens is 328 g/mol. The molecule has 3 rings (SSSR count). The number of nitrogens with one attached hydrogen (secondary N) is 1. The predicted molar refractivity (Wildman–Crippen MR) is 93.8 cm³/mol. The maximum absolute atomic E-state index is 12.7. The van der Waals surface area contributed by atoms with E-state index in [4.69, 9.17) is 4.74 Å². The van der Waals surface area contributed by atoms with Crippen molar-refractivity contribution in [1.29, 1.82) is 0 Å². The third-order valence-corrected chi connectivity index (χ3v) is 4.68. The topological polar surface area (TPSA) is 58.6 Å². The molecule has 1 amide bonds. The fourth-order valence-electron chi connectivity index (χ4n) is 3.40. The molecule has 2 saturated heterocycles. The molecule has 0 aliphatic carbocycles. The minimum atomic E-state index is -0.409. The van der Waals surface area contributed by atoms with Crippen LogP contribution in [0.15, 0.2) is 30.3 Å². The first kappa shape index (κ1) is 18.7. The van der Waals surface area contributed by atoms with E-state index in [0.717, 1.165) is 37.9 Å². The van der Waals surface area contributed by atoms with E-state index in [1.807, 2.05) is 30.3 Å². The number of carbonyl (C=O) groups excluding carboxylic acids is 2. The Bertz CT molecular complexity index is 546. The summed E-state index contributed by atoms with van der Waals surface area (Å²) in [4.78, 5) is 26.8. The van der Waals surface area contributed by atoms with Crippen LogP contribution in [-0.4, -0.2) is 42.5 Å². The summed E-state index contributed by atoms with van der Waals surface area (Å²) in [7, 11) is 0. The number of ether oxygens (including phenoxy) is 1. The highest BCUT2D eigenvalue weighted by Crippen LogP contribution is 2.23. The van der Waals surface area contributed by atoms with E-state index in [1.165, 1.54) is 0 Å². The monoisotopic (exact) mass is 352 g/mol. The normalized spacial score (nSPS) is 23.4. The van der Waals surface area contributed by atoms with Crippen LogP contribution in [0, 0.1) is 5.92 Å². The van der Waals surface area contributed by atoms with Crippen LogP contribution in [0.3, 0.4) is 0 Å². The molecule has 24 heavy (non-hydrogen) atoms. The number of carbonyl (C=O) groups is 2. The van der Waals surface area contributed by atoms with Gasteiger partial charge in [0.15, 0.2) is 0 Å². The summed E-state index contributed by atoms with van der Waals surface area (Å²) in [5.74, 6) is -0.161. The minimum absolute atomic E-state index is 0. The van der Waals surface area contributed by atoms with E-state index in [1.54, 1.807) is 4.90 Å². The highest BCUT2D eigenvalue weighted by Gasteiger charge is 2.38. The zero-order valence-corrected chi connectivity index (χ0v) is 14.6. The number of esters is 1. The molecule has 2 heterocycles. The van der Waals surface area contributed by atoms with E-state index in [9.17, 15) is 9.59 Å². The van der Waals surface area contributed by atoms with Crippen LogP contribution < -0.4 is 5.32 Å². The van der Waals surface area contributed by atoms with Gasteiger partial charge in [0.1, 0.15) is 12.6 Å². The Morgan fingerprint density at radius 2 is 1.96 bits per heavy atom. The Balaban J connectivity index is 0.00000208. The molecule has 0 radical (unpaired) electrons. The second kappa shape index (κ2) is 9.04. The van der Waals surface area contributed by atoms with E-state index in [-0.39, 0.29) is 36.8 Å². The van der Waals surface area contributed by atoms with Crippen LogP contribution in [0.2, 0.25) is 0 Å². The van der Waals surface area contributed by atoms with Gasteiger partial charge in [0.05, 0.1) is 5.92 Å². The summed E-state index contributed by atoms with van der Waals surface area (Å²) in [6.45, 7) is 2.64. The Hall–Kier alpha value is -1.59. The molecule has 1 aromatic carbocycles. The summed E-state index contributed by atoms with van der Waals surface area (Å²) in [5.41, 5.74) is 0.966. The van der Waals surface area contributed by atoms with Crippen molar-refractivity contribution < 1.29 is 14.3 Å². The van der Waals surface area contributed by atoms with Crippen LogP contribution >= 0.6 is 12.4 Å². The molecule has 2 aliphatic rings. The van der Waals surface area contributed by atoms with Gasteiger partial charge in [-0.3, -0.25) is 4.79 Å². The molecule has 1 N–H and O–H groups in total. The van der Waals surface area contributed by atoms with Gasteiger partial charge in [-0.05, 0) is 37.8 Å². The van der Waals surface area contributed by atoms with Crippen molar-refractivity contribution in [2.75, 3.05) is 19.6 Å². The Morgan fingerprint density at radius 1 is 1.17 bits per heavy atom. The van der Waals surface area contributed by atoms with E-state index in [2.05, 4.69) is 5.32 Å². The lowest BCUT2D eigenvalue weighted by molar-refractivity contribution is -0.155. The van der Waals surface area contributed by atoms with Gasteiger partial charge in [-0.1, -0.05) is 30.3 Å². The van der Waals surface area contributed by atoms with Crippen molar-refractivity contribution in [3.05, 3.63) is 35.9 Å². The van der Waals surface area contributed by atoms with Crippen LogP contribution in [0.5, 0.6) is 0 Å². The standard InChI is InChI=1S/C18H24N2O3.ClH/c21-17(15-8-4-10-19-12-15)20-11-5-9-16(20)18(22)23-13-14-6-2-1-3-7-14;/h1-3,6-7,15-16,19H,4-5,8-13H2;1H/t15-,16?;/m0./s1. The average Bonchev–Trinajstić information content (AvgIpc) is 3.10. The average molecular weight is 353 g/mol. The predicted octanol–water partition coefficient (Wildman–Crippen LogP) is 2.14. The zero-order valence-electron chi connectivity index (χ0n) is 13.8. The van der Waals surface area contributed by atoms with Gasteiger partial charge in [0, 0.05) is 13.1 Å². The summed E-state index contributed by atoms with van der Waals surface area (Å²) in [5, 5.41) is 3.27. The van der Waals surface area contributed by atoms with E-state index >= 15 is 0 Å². The van der Waals surface area contributed by atoms with Gasteiger partial charge in [0.25, 0.3) is 0 Å². The molecule has 2 fully saturated rings. The number of hydrogen-bond acceptors (Lipinski definition) is 4. The molecule has 0 aromatic heterocycles. The number of likely N-dealkylation sites (tertiary alicyclic amines) is 1. The summed E-state index contributed by atoms with van der Waals surface area (Å²) in [6, 6.07) is 9.22. The number of halogens is 1. The molecule has 1 aromatic rings. The Labute approximate surface area is 149 Å². The first-order valence-electron chi connectivity index (χ1n) is 8.47. The van der Waals surface area contributed by atoms with Gasteiger partial charge >= 0.3 is 5.97 Å². The van der Waals surface area contributed by atoms with Crippen LogP contribution in [0.1, 0.15) is 31.2 Å². The van der Waals surface area contributed by atoms with Crippen molar-refractivity contribution in [2.45, 2.75) is 38.3 Å². The quantitative estimate of drug-likeness (QED) is 0.843. The number of benzene rings is 1. The van der Waals surface area contributed by atoms with E-state index in [0.29, 0.717) is 13.0 Å². The molecule has 6 heteroatoms. The molecule has 0 spiro atoms. The first-order valence-corrected chi connectivity index (χ1v) is 8.47. The summed E-state index contributed by atoms with van der Waals surface area (Å²) in [6.07, 6.45) is 3.51. The maximum Gasteiger partial charge on any atom is 0.329 e. The molecule has 2 aliphatic heterocycles. The van der Waals surface area contributed by atoms with Crippen LogP contribution in [0.25, 0.3) is 0 Å². The fourth-order valence-corrected chi connectivity index (χ4v) is 3.40. The van der Waals surface area contributed by atoms with Gasteiger partial charge in [0.2, 0.25) is 5.91 Å². The second-order valence-electron chi connectivity index (χ2n) is 6.33. The van der Waals surface area contributed by atoms with Crippen molar-refractivity contribution in [3.8, 4) is 0 Å². The zero-order chi connectivity index (χ0) is 16.1. The van der Waals surface area contributed by atoms with E-state index < -0.39 is 6.04 Å². The molecule has 0 bridgehead atoms. The van der Waals surface area contributed by atoms with Gasteiger partial charge < -0.3 is 15.0 Å². The van der Waals surface area contributed by atoms with Crippen LogP contribution in [0.4, 0.5) is 0 Å². The smallest absolute Gasteiger partial charge is 0.329 e. The van der Waals surface area contributed by atoms with Gasteiger partial charge in [-0.15, -0.1) is 12.4 Å². The Kier molecular flexibility index (Phi) is 7.06. The lowest BCUT2D eigenvalue weighted by Gasteiger charge is -2.30. The number of hydrogen-bond donors (Lipinski definition) is 1. The fraction of sp³-hybridized carbons (Fsp3) is 0.556. The maximum atomic E-state index is 12.7.